The van der Waals surface area contributed by atoms with Crippen molar-refractivity contribution in [3.63, 3.8) is 0 Å². The number of aliphatic hydroxyl groups excluding tert-OH is 1. The molecule has 1 aromatic heterocycles. The molecular weight excluding hydrogens is 284 g/mol. The van der Waals surface area contributed by atoms with Gasteiger partial charge in [0.1, 0.15) is 11.6 Å². The van der Waals surface area contributed by atoms with E-state index in [0.29, 0.717) is 25.8 Å². The van der Waals surface area contributed by atoms with E-state index in [-0.39, 0.29) is 6.10 Å². The van der Waals surface area contributed by atoms with Crippen molar-refractivity contribution >= 4 is 0 Å². The van der Waals surface area contributed by atoms with E-state index in [0.717, 1.165) is 50.5 Å². The van der Waals surface area contributed by atoms with Crippen LogP contribution < -0.4 is 5.32 Å². The van der Waals surface area contributed by atoms with Crippen LogP contribution in [0.3, 0.4) is 0 Å². The van der Waals surface area contributed by atoms with Crippen molar-refractivity contribution in [3.05, 3.63) is 11.6 Å². The molecular formula is C15H26N4O3. The summed E-state index contributed by atoms with van der Waals surface area (Å²) in [4.78, 5) is 4.40. The van der Waals surface area contributed by atoms with Crippen LogP contribution in [0.5, 0.6) is 0 Å². The summed E-state index contributed by atoms with van der Waals surface area (Å²) in [5.41, 5.74) is 0. The van der Waals surface area contributed by atoms with Gasteiger partial charge in [0.15, 0.2) is 0 Å². The van der Waals surface area contributed by atoms with Gasteiger partial charge in [0.2, 0.25) is 0 Å². The molecule has 22 heavy (non-hydrogen) atoms. The SMILES string of the molecule is Cc1nc2n(n1)C[C@H](NC[C@@H](O)COC[C@@H]1CCCO1)CC2. The monoisotopic (exact) mass is 310 g/mol. The van der Waals surface area contributed by atoms with Gasteiger partial charge in [-0.25, -0.2) is 9.67 Å². The third kappa shape index (κ3) is 4.25. The van der Waals surface area contributed by atoms with E-state index in [9.17, 15) is 5.11 Å². The second kappa shape index (κ2) is 7.50. The van der Waals surface area contributed by atoms with Gasteiger partial charge < -0.3 is 19.9 Å². The molecule has 0 bridgehead atoms. The average Bonchev–Trinajstić information content (AvgIpc) is 3.12. The fourth-order valence-electron chi connectivity index (χ4n) is 3.07. The molecule has 3 atom stereocenters. The van der Waals surface area contributed by atoms with E-state index in [1.807, 2.05) is 11.6 Å². The molecule has 0 radical (unpaired) electrons. The summed E-state index contributed by atoms with van der Waals surface area (Å²) < 4.78 is 13.0. The zero-order valence-electron chi connectivity index (χ0n) is 13.2. The molecule has 1 aromatic rings. The van der Waals surface area contributed by atoms with Crippen molar-refractivity contribution < 1.29 is 14.6 Å². The Morgan fingerprint density at radius 3 is 3.23 bits per heavy atom. The first-order chi connectivity index (χ1) is 10.7. The lowest BCUT2D eigenvalue weighted by Crippen LogP contribution is -2.42. The lowest BCUT2D eigenvalue weighted by Gasteiger charge is -2.25. The predicted octanol–water partition coefficient (Wildman–Crippen LogP) is 0.0474. The maximum atomic E-state index is 9.99. The number of ether oxygens (including phenoxy) is 2. The molecule has 0 saturated carbocycles. The van der Waals surface area contributed by atoms with Gasteiger partial charge in [0.05, 0.1) is 32.0 Å². The molecule has 1 saturated heterocycles. The molecule has 2 aliphatic heterocycles. The van der Waals surface area contributed by atoms with Crippen molar-refractivity contribution in [2.45, 2.75) is 57.4 Å². The van der Waals surface area contributed by atoms with Crippen molar-refractivity contribution in [1.29, 1.82) is 0 Å². The molecule has 3 rings (SSSR count). The molecule has 0 spiro atoms. The van der Waals surface area contributed by atoms with Gasteiger partial charge in [-0.1, -0.05) is 0 Å². The minimum absolute atomic E-state index is 0.215. The highest BCUT2D eigenvalue weighted by Gasteiger charge is 2.21. The van der Waals surface area contributed by atoms with Gasteiger partial charge in [-0.2, -0.15) is 5.10 Å². The highest BCUT2D eigenvalue weighted by atomic mass is 16.5. The molecule has 0 amide bonds. The van der Waals surface area contributed by atoms with Crippen molar-refractivity contribution in [1.82, 2.24) is 20.1 Å². The fourth-order valence-corrected chi connectivity index (χ4v) is 3.07. The molecule has 3 heterocycles. The number of aromatic nitrogens is 3. The number of nitrogens with zero attached hydrogens (tertiary/aromatic N) is 3. The zero-order valence-corrected chi connectivity index (χ0v) is 13.2. The van der Waals surface area contributed by atoms with E-state index in [1.165, 1.54) is 0 Å². The molecule has 7 nitrogen and oxygen atoms in total. The number of hydrogen-bond donors (Lipinski definition) is 2. The van der Waals surface area contributed by atoms with Crippen LogP contribution in [0, 0.1) is 6.92 Å². The summed E-state index contributed by atoms with van der Waals surface area (Å²) in [5.74, 6) is 1.90. The maximum Gasteiger partial charge on any atom is 0.147 e. The van der Waals surface area contributed by atoms with Gasteiger partial charge in [0.25, 0.3) is 0 Å². The topological polar surface area (TPSA) is 81.4 Å². The molecule has 0 aromatic carbocycles. The zero-order chi connectivity index (χ0) is 15.4. The Hall–Kier alpha value is -1.02. The molecule has 1 fully saturated rings. The van der Waals surface area contributed by atoms with Crippen LogP contribution >= 0.6 is 0 Å². The Balaban J connectivity index is 1.32. The lowest BCUT2D eigenvalue weighted by atomic mass is 10.1. The first-order valence-corrected chi connectivity index (χ1v) is 8.22. The van der Waals surface area contributed by atoms with E-state index in [1.54, 1.807) is 0 Å². The number of fused-ring (bicyclic) bond motifs is 1. The Bertz CT molecular complexity index is 473. The van der Waals surface area contributed by atoms with E-state index in [4.69, 9.17) is 9.47 Å². The third-order valence-corrected chi connectivity index (χ3v) is 4.24. The van der Waals surface area contributed by atoms with Gasteiger partial charge in [-0.05, 0) is 26.2 Å². The average molecular weight is 310 g/mol. The van der Waals surface area contributed by atoms with Crippen molar-refractivity contribution in [2.24, 2.45) is 0 Å². The van der Waals surface area contributed by atoms with E-state index in [2.05, 4.69) is 15.4 Å². The second-order valence-corrected chi connectivity index (χ2v) is 6.23. The Labute approximate surface area is 131 Å². The van der Waals surface area contributed by atoms with Gasteiger partial charge in [-0.15, -0.1) is 0 Å². The standard InChI is InChI=1S/C15H26N4O3/c1-11-17-15-5-4-12(8-19(15)18-11)16-7-13(20)9-21-10-14-3-2-6-22-14/h12-14,16,20H,2-10H2,1H3/t12-,13-,14+/m1/s1. The van der Waals surface area contributed by atoms with Crippen molar-refractivity contribution in [3.8, 4) is 0 Å². The normalized spacial score (nSPS) is 26.1. The first-order valence-electron chi connectivity index (χ1n) is 8.22. The summed E-state index contributed by atoms with van der Waals surface area (Å²) in [6, 6.07) is 0.335. The Morgan fingerprint density at radius 2 is 2.41 bits per heavy atom. The van der Waals surface area contributed by atoms with Gasteiger partial charge >= 0.3 is 0 Å². The highest BCUT2D eigenvalue weighted by Crippen LogP contribution is 2.13. The van der Waals surface area contributed by atoms with Crippen LogP contribution in [-0.4, -0.2) is 64.5 Å². The quantitative estimate of drug-likeness (QED) is 0.740. The van der Waals surface area contributed by atoms with E-state index < -0.39 is 6.10 Å². The smallest absolute Gasteiger partial charge is 0.147 e. The Kier molecular flexibility index (Phi) is 5.41. The largest absolute Gasteiger partial charge is 0.389 e. The molecule has 124 valence electrons. The molecule has 0 unspecified atom stereocenters. The van der Waals surface area contributed by atoms with Crippen LogP contribution in [0.15, 0.2) is 0 Å². The number of nitrogens with one attached hydrogen (secondary N) is 1. The summed E-state index contributed by atoms with van der Waals surface area (Å²) in [7, 11) is 0. The maximum absolute atomic E-state index is 9.99. The summed E-state index contributed by atoms with van der Waals surface area (Å²) >= 11 is 0. The number of hydrogen-bond acceptors (Lipinski definition) is 6. The molecule has 0 aliphatic carbocycles. The molecule has 2 aliphatic rings. The highest BCUT2D eigenvalue weighted by molar-refractivity contribution is 4.96. The van der Waals surface area contributed by atoms with Crippen LogP contribution in [0.4, 0.5) is 0 Å². The number of rotatable bonds is 7. The number of aliphatic hydroxyl groups is 1. The lowest BCUT2D eigenvalue weighted by molar-refractivity contribution is -0.0171. The van der Waals surface area contributed by atoms with Crippen LogP contribution in [0.1, 0.15) is 30.9 Å². The predicted molar refractivity (Wildman–Crippen MR) is 80.7 cm³/mol. The van der Waals surface area contributed by atoms with Gasteiger partial charge in [-0.3, -0.25) is 0 Å². The van der Waals surface area contributed by atoms with Crippen LogP contribution in [-0.2, 0) is 22.4 Å². The minimum atomic E-state index is -0.486. The van der Waals surface area contributed by atoms with Crippen molar-refractivity contribution in [2.75, 3.05) is 26.4 Å². The fraction of sp³-hybridized carbons (Fsp3) is 0.867. The third-order valence-electron chi connectivity index (χ3n) is 4.24. The summed E-state index contributed by atoms with van der Waals surface area (Å²) in [6.07, 6.45) is 3.87. The van der Waals surface area contributed by atoms with Crippen LogP contribution in [0.25, 0.3) is 0 Å². The number of aryl methyl sites for hydroxylation is 2. The van der Waals surface area contributed by atoms with E-state index >= 15 is 0 Å². The molecule has 2 N–H and O–H groups in total. The minimum Gasteiger partial charge on any atom is -0.389 e. The summed E-state index contributed by atoms with van der Waals surface area (Å²) in [6.45, 7) is 5.06. The first kappa shape index (κ1) is 15.9. The van der Waals surface area contributed by atoms with Gasteiger partial charge in [0, 0.05) is 25.6 Å². The second-order valence-electron chi connectivity index (χ2n) is 6.23. The Morgan fingerprint density at radius 1 is 1.50 bits per heavy atom. The molecule has 7 heteroatoms. The summed E-state index contributed by atoms with van der Waals surface area (Å²) in [5, 5.41) is 17.8. The van der Waals surface area contributed by atoms with Crippen LogP contribution in [0.2, 0.25) is 0 Å².